The van der Waals surface area contributed by atoms with Crippen molar-refractivity contribution in [3.8, 4) is 11.1 Å². The highest BCUT2D eigenvalue weighted by Crippen LogP contribution is 2.39. The minimum atomic E-state index is 0.330. The van der Waals surface area contributed by atoms with Gasteiger partial charge in [0.15, 0.2) is 0 Å². The van der Waals surface area contributed by atoms with Gasteiger partial charge in [-0.2, -0.15) is 0 Å². The Hall–Kier alpha value is -6.12. The molecule has 6 aromatic carbocycles. The first-order valence-electron chi connectivity index (χ1n) is 17.7. The fourth-order valence-corrected chi connectivity index (χ4v) is 7.64. The maximum absolute atomic E-state index is 2.41. The van der Waals surface area contributed by atoms with Gasteiger partial charge in [0.2, 0.25) is 0 Å². The Bertz CT molecular complexity index is 2370. The number of hydrogen-bond acceptors (Lipinski definition) is 1. The van der Waals surface area contributed by atoms with Gasteiger partial charge in [-0.15, -0.1) is 0 Å². The van der Waals surface area contributed by atoms with Gasteiger partial charge in [0, 0.05) is 39.4 Å². The largest absolute Gasteiger partial charge is 0.311 e. The topological polar surface area (TPSA) is 8.17 Å². The van der Waals surface area contributed by atoms with Crippen molar-refractivity contribution in [2.75, 3.05) is 4.90 Å². The summed E-state index contributed by atoms with van der Waals surface area (Å²) in [5, 5.41) is 2.60. The summed E-state index contributed by atoms with van der Waals surface area (Å²) in [5.74, 6) is 0.330. The van der Waals surface area contributed by atoms with Crippen molar-refractivity contribution in [1.29, 1.82) is 0 Å². The Labute approximate surface area is 294 Å². The Morgan fingerprint density at radius 3 is 1.68 bits per heavy atom. The molecule has 240 valence electrons. The van der Waals surface area contributed by atoms with Gasteiger partial charge in [-0.3, -0.25) is 0 Å². The summed E-state index contributed by atoms with van der Waals surface area (Å²) in [4.78, 5) is 2.37. The maximum atomic E-state index is 2.41. The Kier molecular flexibility index (Phi) is 7.83. The molecule has 0 N–H and O–H groups in total. The molecule has 7 aromatic rings. The second kappa shape index (κ2) is 13.1. The van der Waals surface area contributed by atoms with E-state index in [2.05, 4.69) is 198 Å². The second-order valence-corrected chi connectivity index (χ2v) is 13.2. The molecule has 0 aliphatic heterocycles. The average molecular weight is 643 g/mol. The van der Waals surface area contributed by atoms with Crippen LogP contribution in [0.5, 0.6) is 0 Å². The summed E-state index contributed by atoms with van der Waals surface area (Å²) in [6.07, 6.45) is 16.9. The van der Waals surface area contributed by atoms with Crippen LogP contribution in [0.15, 0.2) is 188 Å². The van der Waals surface area contributed by atoms with Crippen LogP contribution in [0, 0.1) is 0 Å². The first-order chi connectivity index (χ1) is 24.8. The summed E-state index contributed by atoms with van der Waals surface area (Å²) in [6, 6.07) is 55.2. The predicted octanol–water partition coefficient (Wildman–Crippen LogP) is 13.2. The van der Waals surface area contributed by atoms with Crippen LogP contribution in [0.1, 0.15) is 36.3 Å². The lowest BCUT2D eigenvalue weighted by Crippen LogP contribution is -2.10. The van der Waals surface area contributed by atoms with Crippen molar-refractivity contribution in [3.63, 3.8) is 0 Å². The number of benzene rings is 6. The van der Waals surface area contributed by atoms with Crippen molar-refractivity contribution < 1.29 is 0 Å². The molecule has 2 nitrogen and oxygen atoms in total. The fraction of sp³-hybridized carbons (Fsp3) is 0.0833. The second-order valence-electron chi connectivity index (χ2n) is 13.2. The van der Waals surface area contributed by atoms with E-state index in [1.165, 1.54) is 55.3 Å². The van der Waals surface area contributed by atoms with Gasteiger partial charge in [0.1, 0.15) is 0 Å². The van der Waals surface area contributed by atoms with Crippen LogP contribution >= 0.6 is 0 Å². The average Bonchev–Trinajstić information content (AvgIpc) is 3.54. The number of allylic oxidation sites excluding steroid dienone is 8. The van der Waals surface area contributed by atoms with Gasteiger partial charge < -0.3 is 9.47 Å². The number of para-hydroxylation sites is 2. The van der Waals surface area contributed by atoms with Crippen LogP contribution in [0.3, 0.4) is 0 Å². The van der Waals surface area contributed by atoms with E-state index in [4.69, 9.17) is 0 Å². The molecule has 2 aliphatic rings. The van der Waals surface area contributed by atoms with Gasteiger partial charge in [-0.1, -0.05) is 134 Å². The van der Waals surface area contributed by atoms with E-state index in [9.17, 15) is 0 Å². The number of fused-ring (bicyclic) bond motifs is 3. The molecule has 0 saturated heterocycles. The van der Waals surface area contributed by atoms with E-state index in [1.807, 2.05) is 0 Å². The molecule has 0 radical (unpaired) electrons. The number of nitrogens with zero attached hydrogens (tertiary/aromatic N) is 2. The molecule has 1 unspecified atom stereocenters. The molecule has 9 rings (SSSR count). The molecule has 50 heavy (non-hydrogen) atoms. The van der Waals surface area contributed by atoms with Crippen LogP contribution in [-0.2, 0) is 0 Å². The maximum Gasteiger partial charge on any atom is 0.0540 e. The zero-order chi connectivity index (χ0) is 33.3. The monoisotopic (exact) mass is 642 g/mol. The molecule has 2 aliphatic carbocycles. The number of anilines is 3. The Morgan fingerprint density at radius 1 is 0.540 bits per heavy atom. The van der Waals surface area contributed by atoms with Crippen molar-refractivity contribution in [1.82, 2.24) is 4.57 Å². The van der Waals surface area contributed by atoms with Crippen LogP contribution in [0.4, 0.5) is 17.1 Å². The van der Waals surface area contributed by atoms with Crippen molar-refractivity contribution >= 4 is 50.1 Å². The Balaban J connectivity index is 1.01. The van der Waals surface area contributed by atoms with Crippen molar-refractivity contribution in [2.45, 2.75) is 25.2 Å². The lowest BCUT2D eigenvalue weighted by atomic mass is 9.91. The highest BCUT2D eigenvalue weighted by atomic mass is 15.1. The molecular formula is C48H38N2. The van der Waals surface area contributed by atoms with Crippen LogP contribution in [-0.4, -0.2) is 4.57 Å². The van der Waals surface area contributed by atoms with E-state index in [0.29, 0.717) is 5.92 Å². The van der Waals surface area contributed by atoms with E-state index < -0.39 is 0 Å². The molecule has 1 atom stereocenters. The quantitative estimate of drug-likeness (QED) is 0.168. The standard InChI is InChI=1S/C48H38N2/c1-3-11-35(12-4-1)37-19-27-41(28-20-37)49(42-29-21-38(22-30-42)36-13-5-2-6-14-36)43-31-23-39(24-32-43)40-25-33-44(34-26-40)50-47-17-9-7-15-45(47)46-16-8-10-18-48(46)50/h1-5,7-13,15-25,27-34,40H,6,14,26H2. The zero-order valence-corrected chi connectivity index (χ0v) is 28.0. The van der Waals surface area contributed by atoms with Crippen LogP contribution < -0.4 is 4.90 Å². The van der Waals surface area contributed by atoms with E-state index in [0.717, 1.165) is 36.3 Å². The van der Waals surface area contributed by atoms with E-state index in [1.54, 1.807) is 0 Å². The third-order valence-electron chi connectivity index (χ3n) is 10.2. The summed E-state index contributed by atoms with van der Waals surface area (Å²) in [7, 11) is 0. The molecule has 2 heteroatoms. The molecule has 1 aromatic heterocycles. The third-order valence-corrected chi connectivity index (χ3v) is 10.2. The lowest BCUT2D eigenvalue weighted by Gasteiger charge is -2.27. The molecule has 1 heterocycles. The fourth-order valence-electron chi connectivity index (χ4n) is 7.64. The lowest BCUT2D eigenvalue weighted by molar-refractivity contribution is 0.850. The molecule has 0 spiro atoms. The normalized spacial score (nSPS) is 15.6. The zero-order valence-electron chi connectivity index (χ0n) is 28.0. The van der Waals surface area contributed by atoms with Crippen molar-refractivity contribution in [2.24, 2.45) is 0 Å². The SMILES string of the molecule is C1=CCCC(c2ccc(N(c3ccc(-c4ccccc4)cc3)c3ccc(C4C=CC(n5c6ccccc6c6ccccc65)=CC4)cc3)cc2)=C1. The van der Waals surface area contributed by atoms with Crippen LogP contribution in [0.2, 0.25) is 0 Å². The summed E-state index contributed by atoms with van der Waals surface area (Å²) < 4.78 is 2.41. The Morgan fingerprint density at radius 2 is 1.10 bits per heavy atom. The molecule has 0 bridgehead atoms. The van der Waals surface area contributed by atoms with E-state index in [-0.39, 0.29) is 0 Å². The van der Waals surface area contributed by atoms with Gasteiger partial charge >= 0.3 is 0 Å². The number of aromatic nitrogens is 1. The first-order valence-corrected chi connectivity index (χ1v) is 17.7. The summed E-state index contributed by atoms with van der Waals surface area (Å²) in [5.41, 5.74) is 13.7. The molecule has 0 fully saturated rings. The van der Waals surface area contributed by atoms with Gasteiger partial charge in [0.25, 0.3) is 0 Å². The minimum Gasteiger partial charge on any atom is -0.311 e. The minimum absolute atomic E-state index is 0.330. The molecular weight excluding hydrogens is 605 g/mol. The predicted molar refractivity (Wildman–Crippen MR) is 213 cm³/mol. The number of rotatable bonds is 7. The van der Waals surface area contributed by atoms with Gasteiger partial charge in [0.05, 0.1) is 11.0 Å². The third kappa shape index (κ3) is 5.59. The van der Waals surface area contributed by atoms with Crippen molar-refractivity contribution in [3.05, 3.63) is 199 Å². The first kappa shape index (κ1) is 30.0. The summed E-state index contributed by atoms with van der Waals surface area (Å²) >= 11 is 0. The van der Waals surface area contributed by atoms with Crippen LogP contribution in [0.25, 0.3) is 44.2 Å². The van der Waals surface area contributed by atoms with Gasteiger partial charge in [-0.05, 0) is 102 Å². The number of hydrogen-bond donors (Lipinski definition) is 0. The smallest absolute Gasteiger partial charge is 0.0540 e. The molecule has 0 saturated carbocycles. The molecule has 0 amide bonds. The summed E-state index contributed by atoms with van der Waals surface area (Å²) in [6.45, 7) is 0. The highest BCUT2D eigenvalue weighted by Gasteiger charge is 2.18. The van der Waals surface area contributed by atoms with Gasteiger partial charge in [-0.25, -0.2) is 0 Å². The highest BCUT2D eigenvalue weighted by molar-refractivity contribution is 6.10. The van der Waals surface area contributed by atoms with E-state index >= 15 is 0 Å².